The number of morpholine rings is 1. The molecule has 1 fully saturated rings. The summed E-state index contributed by atoms with van der Waals surface area (Å²) >= 11 is 5.94. The number of benzene rings is 1. The lowest BCUT2D eigenvalue weighted by atomic mass is 10.1. The van der Waals surface area contributed by atoms with Crippen molar-refractivity contribution in [3.8, 4) is 5.75 Å². The van der Waals surface area contributed by atoms with Crippen molar-refractivity contribution in [2.75, 3.05) is 59.1 Å². The minimum Gasteiger partial charge on any atom is -0.492 e. The van der Waals surface area contributed by atoms with Gasteiger partial charge >= 0.3 is 0 Å². The van der Waals surface area contributed by atoms with Crippen molar-refractivity contribution in [3.63, 3.8) is 0 Å². The smallest absolute Gasteiger partial charge is 0.191 e. The van der Waals surface area contributed by atoms with Crippen LogP contribution >= 0.6 is 11.6 Å². The first-order valence-electron chi connectivity index (χ1n) is 9.41. The van der Waals surface area contributed by atoms with E-state index < -0.39 is 5.60 Å². The van der Waals surface area contributed by atoms with Crippen LogP contribution < -0.4 is 15.4 Å². The fourth-order valence-corrected chi connectivity index (χ4v) is 2.96. The maximum absolute atomic E-state index is 10.6. The fraction of sp³-hybridized carbons (Fsp3) is 0.632. The van der Waals surface area contributed by atoms with Gasteiger partial charge in [0.1, 0.15) is 12.4 Å². The molecule has 1 unspecified atom stereocenters. The molecule has 7 nitrogen and oxygen atoms in total. The highest BCUT2D eigenvalue weighted by atomic mass is 35.5. The number of β-amino-alcohol motifs (C(OH)–C–C–N with tert-alkyl or cyclic N) is 1. The third kappa shape index (κ3) is 8.79. The molecule has 0 aromatic heterocycles. The number of guanidine groups is 1. The Labute approximate surface area is 166 Å². The second-order valence-corrected chi connectivity index (χ2v) is 7.25. The quantitative estimate of drug-likeness (QED) is 0.331. The summed E-state index contributed by atoms with van der Waals surface area (Å²) in [5, 5.41) is 17.7. The SMILES string of the molecule is CCNC(=NCC(C)(O)CN1CCOCC1)NCCOc1cccc(Cl)c1. The first-order valence-corrected chi connectivity index (χ1v) is 9.79. The van der Waals surface area contributed by atoms with Gasteiger partial charge in [0, 0.05) is 31.2 Å². The molecule has 1 saturated heterocycles. The van der Waals surface area contributed by atoms with Crippen LogP contribution in [0.3, 0.4) is 0 Å². The van der Waals surface area contributed by atoms with Crippen LogP contribution in [0.5, 0.6) is 5.75 Å². The van der Waals surface area contributed by atoms with E-state index in [4.69, 9.17) is 21.1 Å². The van der Waals surface area contributed by atoms with Crippen molar-refractivity contribution in [2.45, 2.75) is 19.4 Å². The Bertz CT molecular complexity index is 592. The van der Waals surface area contributed by atoms with Gasteiger partial charge in [-0.2, -0.15) is 0 Å². The third-order valence-corrected chi connectivity index (χ3v) is 4.28. The number of hydrogen-bond acceptors (Lipinski definition) is 5. The Morgan fingerprint density at radius 2 is 2.15 bits per heavy atom. The molecule has 1 heterocycles. The number of rotatable bonds is 9. The maximum atomic E-state index is 10.6. The van der Waals surface area contributed by atoms with E-state index in [1.807, 2.05) is 32.0 Å². The first-order chi connectivity index (χ1) is 13.0. The number of aliphatic imine (C=N–C) groups is 1. The van der Waals surface area contributed by atoms with Gasteiger partial charge in [-0.05, 0) is 32.0 Å². The van der Waals surface area contributed by atoms with Crippen LogP contribution in [-0.2, 0) is 4.74 Å². The highest BCUT2D eigenvalue weighted by Crippen LogP contribution is 2.16. The summed E-state index contributed by atoms with van der Waals surface area (Å²) in [6.07, 6.45) is 0. The Morgan fingerprint density at radius 1 is 1.37 bits per heavy atom. The lowest BCUT2D eigenvalue weighted by Crippen LogP contribution is -2.48. The van der Waals surface area contributed by atoms with Crippen LogP contribution in [0.25, 0.3) is 0 Å². The minimum absolute atomic E-state index is 0.314. The minimum atomic E-state index is -0.892. The lowest BCUT2D eigenvalue weighted by Gasteiger charge is -2.33. The van der Waals surface area contributed by atoms with Crippen molar-refractivity contribution < 1.29 is 14.6 Å². The van der Waals surface area contributed by atoms with Crippen molar-refractivity contribution in [1.29, 1.82) is 0 Å². The van der Waals surface area contributed by atoms with E-state index in [1.165, 1.54) is 0 Å². The van der Waals surface area contributed by atoms with E-state index in [0.717, 1.165) is 38.6 Å². The monoisotopic (exact) mass is 398 g/mol. The number of aliphatic hydroxyl groups is 1. The lowest BCUT2D eigenvalue weighted by molar-refractivity contribution is -0.0179. The Balaban J connectivity index is 1.76. The molecule has 0 spiro atoms. The molecule has 27 heavy (non-hydrogen) atoms. The summed E-state index contributed by atoms with van der Waals surface area (Å²) in [7, 11) is 0. The van der Waals surface area contributed by atoms with Gasteiger partial charge in [-0.25, -0.2) is 0 Å². The van der Waals surface area contributed by atoms with Gasteiger partial charge in [0.15, 0.2) is 5.96 Å². The van der Waals surface area contributed by atoms with Crippen molar-refractivity contribution in [3.05, 3.63) is 29.3 Å². The summed E-state index contributed by atoms with van der Waals surface area (Å²) < 4.78 is 11.0. The second kappa shape index (κ2) is 11.3. The number of nitrogens with zero attached hydrogens (tertiary/aromatic N) is 2. The standard InChI is InChI=1S/C19H31ClN4O3/c1-3-21-18(22-7-10-27-17-6-4-5-16(20)13-17)23-14-19(2,25)15-24-8-11-26-12-9-24/h4-6,13,25H,3,7-12,14-15H2,1-2H3,(H2,21,22,23). The molecule has 1 atom stereocenters. The fourth-order valence-electron chi connectivity index (χ4n) is 2.78. The zero-order valence-electron chi connectivity index (χ0n) is 16.2. The van der Waals surface area contributed by atoms with E-state index in [9.17, 15) is 5.11 Å². The molecule has 2 rings (SSSR count). The second-order valence-electron chi connectivity index (χ2n) is 6.81. The number of halogens is 1. The van der Waals surface area contributed by atoms with Crippen LogP contribution in [0.15, 0.2) is 29.3 Å². The highest BCUT2D eigenvalue weighted by Gasteiger charge is 2.25. The molecular formula is C19H31ClN4O3. The van der Waals surface area contributed by atoms with Crippen LogP contribution in [0.1, 0.15) is 13.8 Å². The third-order valence-electron chi connectivity index (χ3n) is 4.05. The van der Waals surface area contributed by atoms with Gasteiger partial charge in [-0.15, -0.1) is 0 Å². The zero-order chi connectivity index (χ0) is 19.5. The number of ether oxygens (including phenoxy) is 2. The number of hydrogen-bond donors (Lipinski definition) is 3. The summed E-state index contributed by atoms with van der Waals surface area (Å²) in [5.74, 6) is 1.40. The highest BCUT2D eigenvalue weighted by molar-refractivity contribution is 6.30. The summed E-state index contributed by atoms with van der Waals surface area (Å²) in [4.78, 5) is 6.73. The van der Waals surface area contributed by atoms with Crippen LogP contribution in [0.2, 0.25) is 5.02 Å². The molecule has 0 amide bonds. The molecule has 0 aliphatic carbocycles. The first kappa shape index (κ1) is 21.8. The van der Waals surface area contributed by atoms with Crippen molar-refractivity contribution >= 4 is 17.6 Å². The average molecular weight is 399 g/mol. The molecule has 152 valence electrons. The topological polar surface area (TPSA) is 78.4 Å². The van der Waals surface area contributed by atoms with E-state index in [1.54, 1.807) is 6.07 Å². The zero-order valence-corrected chi connectivity index (χ0v) is 17.0. The van der Waals surface area contributed by atoms with Crippen molar-refractivity contribution in [2.24, 2.45) is 4.99 Å². The van der Waals surface area contributed by atoms with Gasteiger partial charge in [0.05, 0.1) is 31.9 Å². The van der Waals surface area contributed by atoms with Gasteiger partial charge in [0.25, 0.3) is 0 Å². The van der Waals surface area contributed by atoms with Gasteiger partial charge < -0.3 is 25.2 Å². The molecule has 1 aliphatic rings. The van der Waals surface area contributed by atoms with E-state index >= 15 is 0 Å². The van der Waals surface area contributed by atoms with Crippen LogP contribution in [-0.4, -0.2) is 80.7 Å². The molecule has 1 aromatic carbocycles. The molecule has 1 aliphatic heterocycles. The molecule has 0 saturated carbocycles. The summed E-state index contributed by atoms with van der Waals surface area (Å²) in [6.45, 7) is 9.66. The van der Waals surface area contributed by atoms with E-state index in [-0.39, 0.29) is 0 Å². The Kier molecular flexibility index (Phi) is 9.14. The molecule has 8 heteroatoms. The molecule has 0 bridgehead atoms. The Hall–Kier alpha value is -1.54. The predicted molar refractivity (Wildman–Crippen MR) is 109 cm³/mol. The van der Waals surface area contributed by atoms with Gasteiger partial charge in [-0.1, -0.05) is 17.7 Å². The summed E-state index contributed by atoms with van der Waals surface area (Å²) in [6, 6.07) is 7.32. The van der Waals surface area contributed by atoms with Crippen LogP contribution in [0, 0.1) is 0 Å². The van der Waals surface area contributed by atoms with E-state index in [0.29, 0.717) is 37.2 Å². The van der Waals surface area contributed by atoms with E-state index in [2.05, 4.69) is 20.5 Å². The molecule has 1 aromatic rings. The van der Waals surface area contributed by atoms with Gasteiger partial charge in [0.2, 0.25) is 0 Å². The summed E-state index contributed by atoms with van der Waals surface area (Å²) in [5.41, 5.74) is -0.892. The Morgan fingerprint density at radius 3 is 2.85 bits per heavy atom. The maximum Gasteiger partial charge on any atom is 0.191 e. The van der Waals surface area contributed by atoms with Crippen LogP contribution in [0.4, 0.5) is 0 Å². The normalized spacial score (nSPS) is 18.0. The number of nitrogens with one attached hydrogen (secondary N) is 2. The predicted octanol–water partition coefficient (Wildman–Crippen LogP) is 1.36. The molecule has 3 N–H and O–H groups in total. The average Bonchev–Trinajstić information content (AvgIpc) is 2.64. The van der Waals surface area contributed by atoms with Gasteiger partial charge in [-0.3, -0.25) is 9.89 Å². The van der Waals surface area contributed by atoms with Crippen molar-refractivity contribution in [1.82, 2.24) is 15.5 Å². The molecule has 0 radical (unpaired) electrons. The molecular weight excluding hydrogens is 368 g/mol. The largest absolute Gasteiger partial charge is 0.492 e.